The van der Waals surface area contributed by atoms with Crippen molar-refractivity contribution < 1.29 is 4.79 Å². The van der Waals surface area contributed by atoms with Crippen molar-refractivity contribution in [3.05, 3.63) is 71.8 Å². The number of hydrogen-bond donors (Lipinski definition) is 1. The van der Waals surface area contributed by atoms with Crippen LogP contribution in [0.25, 0.3) is 0 Å². The van der Waals surface area contributed by atoms with Gasteiger partial charge in [-0.1, -0.05) is 88.4 Å². The maximum Gasteiger partial charge on any atom is 0.228 e. The highest BCUT2D eigenvalue weighted by molar-refractivity contribution is 5.84. The molecule has 0 bridgehead atoms. The third-order valence-corrected chi connectivity index (χ3v) is 4.23. The van der Waals surface area contributed by atoms with Gasteiger partial charge in [-0.05, 0) is 23.0 Å². The van der Waals surface area contributed by atoms with E-state index in [1.807, 2.05) is 48.5 Å². The topological polar surface area (TPSA) is 29.1 Å². The minimum Gasteiger partial charge on any atom is -0.349 e. The first-order valence-electron chi connectivity index (χ1n) is 8.41. The molecule has 0 aromatic heterocycles. The molecule has 122 valence electrons. The molecule has 2 heteroatoms. The van der Waals surface area contributed by atoms with E-state index in [0.717, 1.165) is 11.1 Å². The Morgan fingerprint density at radius 3 is 1.65 bits per heavy atom. The van der Waals surface area contributed by atoms with Crippen LogP contribution in [0.5, 0.6) is 0 Å². The Kier molecular flexibility index (Phi) is 5.97. The molecule has 1 N–H and O–H groups in total. The number of carbonyl (C=O) groups excluding carboxylic acids is 1. The summed E-state index contributed by atoms with van der Waals surface area (Å²) < 4.78 is 0. The predicted octanol–water partition coefficient (Wildman–Crippen LogP) is 4.94. The monoisotopic (exact) mass is 309 g/mol. The molecule has 0 aliphatic heterocycles. The van der Waals surface area contributed by atoms with Crippen molar-refractivity contribution >= 4 is 5.91 Å². The lowest BCUT2D eigenvalue weighted by molar-refractivity contribution is -0.124. The molecule has 2 aromatic rings. The predicted molar refractivity (Wildman–Crippen MR) is 96.2 cm³/mol. The normalized spacial score (nSPS) is 13.8. The molecule has 0 unspecified atom stereocenters. The Morgan fingerprint density at radius 1 is 0.739 bits per heavy atom. The molecule has 23 heavy (non-hydrogen) atoms. The van der Waals surface area contributed by atoms with Gasteiger partial charge < -0.3 is 5.32 Å². The number of nitrogens with one attached hydrogen (secondary N) is 1. The fourth-order valence-corrected chi connectivity index (χ4v) is 3.04. The molecule has 0 aliphatic carbocycles. The second-order valence-corrected chi connectivity index (χ2v) is 6.77. The first-order chi connectivity index (χ1) is 11.0. The van der Waals surface area contributed by atoms with Crippen molar-refractivity contribution in [2.24, 2.45) is 11.8 Å². The average Bonchev–Trinajstić information content (AvgIpc) is 2.54. The van der Waals surface area contributed by atoms with E-state index in [4.69, 9.17) is 0 Å². The standard InChI is InChI=1S/C21H27NO/c1-15(2)19(17-11-7-5-8-12-17)21(23)22-20(16(3)4)18-13-9-6-10-14-18/h5-16,19-20H,1-4H3,(H,22,23)/t19-,20+/m0/s1. The van der Waals surface area contributed by atoms with Crippen LogP contribution in [0.1, 0.15) is 50.8 Å². The summed E-state index contributed by atoms with van der Waals surface area (Å²) in [5, 5.41) is 3.27. The molecule has 0 saturated carbocycles. The van der Waals surface area contributed by atoms with Crippen molar-refractivity contribution in [3.63, 3.8) is 0 Å². The molecule has 0 radical (unpaired) electrons. The molecule has 2 rings (SSSR count). The summed E-state index contributed by atoms with van der Waals surface area (Å²) in [4.78, 5) is 13.0. The molecule has 0 aliphatic rings. The molecule has 0 heterocycles. The van der Waals surface area contributed by atoms with Gasteiger partial charge in [-0.3, -0.25) is 4.79 Å². The van der Waals surface area contributed by atoms with E-state index < -0.39 is 0 Å². The lowest BCUT2D eigenvalue weighted by Gasteiger charge is -2.27. The van der Waals surface area contributed by atoms with E-state index in [0.29, 0.717) is 5.92 Å². The van der Waals surface area contributed by atoms with Crippen LogP contribution in [-0.4, -0.2) is 5.91 Å². The molecule has 2 atom stereocenters. The maximum absolute atomic E-state index is 13.0. The van der Waals surface area contributed by atoms with E-state index in [-0.39, 0.29) is 23.8 Å². The molecule has 0 spiro atoms. The molecule has 1 amide bonds. The van der Waals surface area contributed by atoms with Gasteiger partial charge in [-0.15, -0.1) is 0 Å². The lowest BCUT2D eigenvalue weighted by Crippen LogP contribution is -2.37. The van der Waals surface area contributed by atoms with Gasteiger partial charge in [0.1, 0.15) is 0 Å². The number of hydrogen-bond acceptors (Lipinski definition) is 1. The fraction of sp³-hybridized carbons (Fsp3) is 0.381. The zero-order chi connectivity index (χ0) is 16.8. The van der Waals surface area contributed by atoms with Crippen LogP contribution in [-0.2, 0) is 4.79 Å². The van der Waals surface area contributed by atoms with Crippen LogP contribution in [0.3, 0.4) is 0 Å². The van der Waals surface area contributed by atoms with Crippen LogP contribution >= 0.6 is 0 Å². The van der Waals surface area contributed by atoms with E-state index >= 15 is 0 Å². The summed E-state index contributed by atoms with van der Waals surface area (Å²) in [6.45, 7) is 8.49. The number of amides is 1. The Labute approximate surface area is 139 Å². The van der Waals surface area contributed by atoms with Crippen LogP contribution in [0.2, 0.25) is 0 Å². The van der Waals surface area contributed by atoms with Gasteiger partial charge in [0.25, 0.3) is 0 Å². The van der Waals surface area contributed by atoms with Gasteiger partial charge in [0.2, 0.25) is 5.91 Å². The maximum atomic E-state index is 13.0. The quantitative estimate of drug-likeness (QED) is 0.804. The van der Waals surface area contributed by atoms with Crippen LogP contribution in [0.15, 0.2) is 60.7 Å². The van der Waals surface area contributed by atoms with Gasteiger partial charge in [-0.25, -0.2) is 0 Å². The third-order valence-electron chi connectivity index (χ3n) is 4.23. The molecular formula is C21H27NO. The molecule has 2 nitrogen and oxygen atoms in total. The summed E-state index contributed by atoms with van der Waals surface area (Å²) in [5.41, 5.74) is 2.24. The zero-order valence-corrected chi connectivity index (χ0v) is 14.5. The van der Waals surface area contributed by atoms with Crippen molar-refractivity contribution in [1.29, 1.82) is 0 Å². The average molecular weight is 309 g/mol. The minimum atomic E-state index is -0.124. The van der Waals surface area contributed by atoms with Crippen LogP contribution < -0.4 is 5.32 Å². The molecule has 0 saturated heterocycles. The van der Waals surface area contributed by atoms with Crippen LogP contribution in [0.4, 0.5) is 0 Å². The second kappa shape index (κ2) is 7.96. The van der Waals surface area contributed by atoms with Crippen molar-refractivity contribution in [1.82, 2.24) is 5.32 Å². The Hall–Kier alpha value is -2.09. The Balaban J connectivity index is 2.23. The highest BCUT2D eigenvalue weighted by Crippen LogP contribution is 2.28. The van der Waals surface area contributed by atoms with Gasteiger partial charge in [0.05, 0.1) is 12.0 Å². The van der Waals surface area contributed by atoms with E-state index in [1.165, 1.54) is 0 Å². The highest BCUT2D eigenvalue weighted by atomic mass is 16.2. The smallest absolute Gasteiger partial charge is 0.228 e. The SMILES string of the molecule is CC(C)[C@H](C(=O)N[C@@H](c1ccccc1)C(C)C)c1ccccc1. The number of rotatable bonds is 6. The first kappa shape index (κ1) is 17.3. The van der Waals surface area contributed by atoms with E-state index in [2.05, 4.69) is 45.1 Å². The Bertz CT molecular complexity index is 604. The summed E-state index contributed by atoms with van der Waals surface area (Å²) in [6.07, 6.45) is 0. The van der Waals surface area contributed by atoms with Crippen molar-refractivity contribution in [2.45, 2.75) is 39.7 Å². The van der Waals surface area contributed by atoms with Gasteiger partial charge in [0.15, 0.2) is 0 Å². The lowest BCUT2D eigenvalue weighted by atomic mass is 9.86. The number of carbonyl (C=O) groups is 1. The summed E-state index contributed by atoms with van der Waals surface area (Å²) >= 11 is 0. The highest BCUT2D eigenvalue weighted by Gasteiger charge is 2.27. The van der Waals surface area contributed by atoms with Gasteiger partial charge >= 0.3 is 0 Å². The summed E-state index contributed by atoms with van der Waals surface area (Å²) in [6, 6.07) is 20.3. The van der Waals surface area contributed by atoms with E-state index in [1.54, 1.807) is 0 Å². The molecule has 0 fully saturated rings. The largest absolute Gasteiger partial charge is 0.349 e. The number of benzene rings is 2. The summed E-state index contributed by atoms with van der Waals surface area (Å²) in [5.74, 6) is 0.570. The Morgan fingerprint density at radius 2 is 1.22 bits per heavy atom. The second-order valence-electron chi connectivity index (χ2n) is 6.77. The third kappa shape index (κ3) is 4.44. The molecule has 2 aromatic carbocycles. The fourth-order valence-electron chi connectivity index (χ4n) is 3.04. The summed E-state index contributed by atoms with van der Waals surface area (Å²) in [7, 11) is 0. The first-order valence-corrected chi connectivity index (χ1v) is 8.41. The van der Waals surface area contributed by atoms with E-state index in [9.17, 15) is 4.79 Å². The van der Waals surface area contributed by atoms with Crippen LogP contribution in [0, 0.1) is 11.8 Å². The minimum absolute atomic E-state index is 0.0358. The van der Waals surface area contributed by atoms with Crippen molar-refractivity contribution in [3.8, 4) is 0 Å². The van der Waals surface area contributed by atoms with Gasteiger partial charge in [-0.2, -0.15) is 0 Å². The molecular weight excluding hydrogens is 282 g/mol. The van der Waals surface area contributed by atoms with Crippen molar-refractivity contribution in [2.75, 3.05) is 0 Å². The zero-order valence-electron chi connectivity index (χ0n) is 14.5. The van der Waals surface area contributed by atoms with Gasteiger partial charge in [0, 0.05) is 0 Å².